The van der Waals surface area contributed by atoms with E-state index in [4.69, 9.17) is 9.15 Å². The molecule has 13 heteroatoms. The minimum absolute atomic E-state index is 0.137. The molecule has 0 spiro atoms. The van der Waals surface area contributed by atoms with Gasteiger partial charge in [0, 0.05) is 36.0 Å². The molecule has 0 bridgehead atoms. The molecule has 1 atom stereocenters. The average Bonchev–Trinajstić information content (AvgIpc) is 3.52. The zero-order valence-corrected chi connectivity index (χ0v) is 21.7. The van der Waals surface area contributed by atoms with Gasteiger partial charge in [0.25, 0.3) is 10.0 Å². The van der Waals surface area contributed by atoms with Crippen LogP contribution in [0.2, 0.25) is 0 Å². The number of aromatic nitrogens is 4. The highest BCUT2D eigenvalue weighted by Gasteiger charge is 2.23. The number of nitrogens with zero attached hydrogens (tertiary/aromatic N) is 5. The van der Waals surface area contributed by atoms with Crippen molar-refractivity contribution in [3.63, 3.8) is 0 Å². The summed E-state index contributed by atoms with van der Waals surface area (Å²) in [6.45, 7) is 4.22. The molecule has 1 aliphatic heterocycles. The number of aliphatic hydroxyl groups excluding tert-OH is 1. The number of ether oxygens (including phenoxy) is 1. The Kier molecular flexibility index (Phi) is 7.46. The van der Waals surface area contributed by atoms with Crippen molar-refractivity contribution in [2.24, 2.45) is 0 Å². The van der Waals surface area contributed by atoms with Crippen LogP contribution >= 0.6 is 15.9 Å². The second-order valence-corrected chi connectivity index (χ2v) is 11.1. The summed E-state index contributed by atoms with van der Waals surface area (Å²) in [5.74, 6) is 0.588. The van der Waals surface area contributed by atoms with Crippen molar-refractivity contribution in [3.8, 4) is 11.5 Å². The van der Waals surface area contributed by atoms with Gasteiger partial charge in [0.15, 0.2) is 0 Å². The van der Waals surface area contributed by atoms with Crippen molar-refractivity contribution in [2.45, 2.75) is 17.5 Å². The first-order chi connectivity index (χ1) is 17.4. The Morgan fingerprint density at radius 2 is 1.92 bits per heavy atom. The molecule has 5 rings (SSSR count). The number of morpholine rings is 1. The Labute approximate surface area is 216 Å². The average molecular weight is 577 g/mol. The second-order valence-electron chi connectivity index (χ2n) is 8.39. The highest BCUT2D eigenvalue weighted by Crippen LogP contribution is 2.33. The number of fused-ring (bicyclic) bond motifs is 1. The first-order valence-electron chi connectivity index (χ1n) is 11.4. The molecule has 2 aromatic heterocycles. The largest absolute Gasteiger partial charge is 0.419 e. The van der Waals surface area contributed by atoms with E-state index in [0.29, 0.717) is 53.1 Å². The van der Waals surface area contributed by atoms with Gasteiger partial charge in [0.05, 0.1) is 48.0 Å². The fraction of sp³-hybridized carbons (Fsp3) is 0.348. The Bertz CT molecular complexity index is 1440. The summed E-state index contributed by atoms with van der Waals surface area (Å²) in [5.41, 5.74) is 0.937. The van der Waals surface area contributed by atoms with Gasteiger partial charge in [-0.05, 0) is 24.3 Å². The minimum Gasteiger partial charge on any atom is -0.419 e. The predicted molar refractivity (Wildman–Crippen MR) is 135 cm³/mol. The maximum absolute atomic E-state index is 13.2. The van der Waals surface area contributed by atoms with E-state index in [1.54, 1.807) is 30.3 Å². The van der Waals surface area contributed by atoms with Crippen LogP contribution in [0.25, 0.3) is 22.4 Å². The molecule has 2 aromatic carbocycles. The van der Waals surface area contributed by atoms with Crippen LogP contribution in [0, 0.1) is 0 Å². The van der Waals surface area contributed by atoms with Crippen LogP contribution in [0.4, 0.5) is 0 Å². The lowest BCUT2D eigenvalue weighted by molar-refractivity contribution is 0.0148. The zero-order valence-electron chi connectivity index (χ0n) is 19.2. The molecule has 0 radical (unpaired) electrons. The monoisotopic (exact) mass is 576 g/mol. The summed E-state index contributed by atoms with van der Waals surface area (Å²) in [5, 5.41) is 26.4. The SMILES string of the molecule is O=S(=O)(c1ccccc1)n1ncc2c(-c3nnc(CNCC(O)CN4CCOCC4)o3)cc(Br)cc21. The van der Waals surface area contributed by atoms with Gasteiger partial charge in [-0.15, -0.1) is 10.2 Å². The van der Waals surface area contributed by atoms with Crippen molar-refractivity contribution < 1.29 is 22.7 Å². The predicted octanol–water partition coefficient (Wildman–Crippen LogP) is 1.87. The number of aliphatic hydroxyl groups is 1. The third kappa shape index (κ3) is 5.36. The van der Waals surface area contributed by atoms with Crippen LogP contribution in [0.15, 0.2) is 62.4 Å². The number of hydrogen-bond donors (Lipinski definition) is 2. The molecule has 11 nitrogen and oxygen atoms in total. The molecular weight excluding hydrogens is 552 g/mol. The van der Waals surface area contributed by atoms with Crippen molar-refractivity contribution in [1.82, 2.24) is 29.6 Å². The van der Waals surface area contributed by atoms with Crippen LogP contribution in [0.3, 0.4) is 0 Å². The molecule has 1 fully saturated rings. The Hall–Kier alpha value is -2.68. The Balaban J connectivity index is 1.32. The van der Waals surface area contributed by atoms with Crippen LogP contribution in [0.5, 0.6) is 0 Å². The van der Waals surface area contributed by atoms with E-state index in [-0.39, 0.29) is 17.3 Å². The van der Waals surface area contributed by atoms with E-state index in [2.05, 4.69) is 41.4 Å². The lowest BCUT2D eigenvalue weighted by Crippen LogP contribution is -2.43. The highest BCUT2D eigenvalue weighted by molar-refractivity contribution is 9.10. The molecule has 36 heavy (non-hydrogen) atoms. The molecule has 1 unspecified atom stereocenters. The van der Waals surface area contributed by atoms with E-state index in [1.807, 2.05) is 0 Å². The van der Waals surface area contributed by atoms with Gasteiger partial charge in [0.1, 0.15) is 0 Å². The number of rotatable bonds is 9. The third-order valence-corrected chi connectivity index (χ3v) is 7.89. The van der Waals surface area contributed by atoms with E-state index in [0.717, 1.165) is 17.2 Å². The summed E-state index contributed by atoms with van der Waals surface area (Å²) in [7, 11) is -3.89. The first kappa shape index (κ1) is 25.0. The van der Waals surface area contributed by atoms with Gasteiger partial charge in [0.2, 0.25) is 11.8 Å². The lowest BCUT2D eigenvalue weighted by atomic mass is 10.1. The third-order valence-electron chi connectivity index (χ3n) is 5.82. The molecule has 0 saturated carbocycles. The second kappa shape index (κ2) is 10.7. The van der Waals surface area contributed by atoms with Gasteiger partial charge in [-0.2, -0.15) is 17.6 Å². The topological polar surface area (TPSA) is 136 Å². The molecule has 3 heterocycles. The summed E-state index contributed by atoms with van der Waals surface area (Å²) in [4.78, 5) is 2.30. The van der Waals surface area contributed by atoms with E-state index in [9.17, 15) is 13.5 Å². The minimum atomic E-state index is -3.89. The van der Waals surface area contributed by atoms with Crippen molar-refractivity contribution >= 4 is 36.9 Å². The van der Waals surface area contributed by atoms with Crippen molar-refractivity contribution in [3.05, 3.63) is 59.0 Å². The number of nitrogens with one attached hydrogen (secondary N) is 1. The van der Waals surface area contributed by atoms with Gasteiger partial charge in [-0.25, -0.2) is 0 Å². The molecule has 0 amide bonds. The quantitative estimate of drug-likeness (QED) is 0.304. The normalized spacial score (nSPS) is 15.9. The fourth-order valence-corrected chi connectivity index (χ4v) is 5.78. The van der Waals surface area contributed by atoms with E-state index >= 15 is 0 Å². The number of β-amino-alcohol motifs (C(OH)–C–C–N with tert-alkyl or cyclic N) is 1. The van der Waals surface area contributed by atoms with Crippen LogP contribution in [0.1, 0.15) is 5.89 Å². The Morgan fingerprint density at radius 1 is 1.14 bits per heavy atom. The zero-order chi connectivity index (χ0) is 25.1. The van der Waals surface area contributed by atoms with Gasteiger partial charge in [-0.3, -0.25) is 4.90 Å². The number of hydrogen-bond acceptors (Lipinski definition) is 10. The lowest BCUT2D eigenvalue weighted by Gasteiger charge is -2.28. The van der Waals surface area contributed by atoms with Gasteiger partial charge in [-0.1, -0.05) is 34.1 Å². The molecule has 4 aromatic rings. The molecule has 0 aliphatic carbocycles. The molecular formula is C23H25BrN6O5S. The van der Waals surface area contributed by atoms with E-state index < -0.39 is 16.1 Å². The summed E-state index contributed by atoms with van der Waals surface area (Å²) in [6, 6.07) is 11.6. The van der Waals surface area contributed by atoms with Crippen molar-refractivity contribution in [1.29, 1.82) is 0 Å². The van der Waals surface area contributed by atoms with Gasteiger partial charge < -0.3 is 19.6 Å². The smallest absolute Gasteiger partial charge is 0.283 e. The van der Waals surface area contributed by atoms with Crippen LogP contribution in [-0.2, 0) is 21.3 Å². The maximum atomic E-state index is 13.2. The summed E-state index contributed by atoms with van der Waals surface area (Å²) >= 11 is 3.45. The number of benzene rings is 2. The molecule has 1 saturated heterocycles. The first-order valence-corrected chi connectivity index (χ1v) is 13.6. The van der Waals surface area contributed by atoms with Crippen LogP contribution in [-0.4, -0.2) is 83.3 Å². The maximum Gasteiger partial charge on any atom is 0.283 e. The Morgan fingerprint density at radius 3 is 2.69 bits per heavy atom. The number of halogens is 1. The fourth-order valence-electron chi connectivity index (χ4n) is 4.06. The van der Waals surface area contributed by atoms with Crippen molar-refractivity contribution in [2.75, 3.05) is 39.4 Å². The highest BCUT2D eigenvalue weighted by atomic mass is 79.9. The standard InChI is InChI=1S/C23H25BrN6O5S/c24-16-10-19(20-13-26-30(21(20)11-16)36(32,33)18-4-2-1-3-5-18)23-28-27-22(35-23)14-25-12-17(31)15-29-6-8-34-9-7-29/h1-5,10-11,13,17,25,31H,6-9,12,14-15H2. The summed E-state index contributed by atoms with van der Waals surface area (Å²) < 4.78 is 39.1. The molecule has 1 aliphatic rings. The summed E-state index contributed by atoms with van der Waals surface area (Å²) in [6.07, 6.45) is 0.939. The van der Waals surface area contributed by atoms with Gasteiger partial charge >= 0.3 is 0 Å². The van der Waals surface area contributed by atoms with E-state index in [1.165, 1.54) is 18.3 Å². The van der Waals surface area contributed by atoms with Crippen LogP contribution < -0.4 is 5.32 Å². The molecule has 190 valence electrons. The molecule has 2 N–H and O–H groups in total.